The molecule has 1 saturated heterocycles. The first kappa shape index (κ1) is 15.8. The van der Waals surface area contributed by atoms with Crippen molar-refractivity contribution in [2.45, 2.75) is 12.5 Å². The molecule has 1 heterocycles. The van der Waals surface area contributed by atoms with Crippen molar-refractivity contribution in [1.82, 2.24) is 5.32 Å². The van der Waals surface area contributed by atoms with Gasteiger partial charge < -0.3 is 14.8 Å². The van der Waals surface area contributed by atoms with Crippen molar-refractivity contribution >= 4 is 15.6 Å². The maximum atomic E-state index is 12.4. The van der Waals surface area contributed by atoms with E-state index in [1.807, 2.05) is 0 Å². The van der Waals surface area contributed by atoms with E-state index >= 15 is 0 Å². The fraction of sp³-hybridized carbons (Fsp3) is 0.500. The summed E-state index contributed by atoms with van der Waals surface area (Å²) < 4.78 is 33.5. The second kappa shape index (κ2) is 6.44. The second-order valence-electron chi connectivity index (χ2n) is 4.96. The van der Waals surface area contributed by atoms with Gasteiger partial charge in [-0.1, -0.05) is 0 Å². The van der Waals surface area contributed by atoms with Crippen molar-refractivity contribution in [3.05, 3.63) is 23.8 Å². The Hall–Kier alpha value is -1.60. The molecule has 0 amide bonds. The normalized spacial score (nSPS) is 20.8. The van der Waals surface area contributed by atoms with Gasteiger partial charge >= 0.3 is 0 Å². The monoisotopic (exact) mass is 313 g/mol. The number of hydrogen-bond donors (Lipinski definition) is 1. The summed E-state index contributed by atoms with van der Waals surface area (Å²) in [5.74, 6) is 0.966. The molecule has 1 atom stereocenters. The summed E-state index contributed by atoms with van der Waals surface area (Å²) in [4.78, 5) is 12.4. The van der Waals surface area contributed by atoms with Gasteiger partial charge in [-0.2, -0.15) is 0 Å². The highest BCUT2D eigenvalue weighted by molar-refractivity contribution is 7.91. The minimum absolute atomic E-state index is 0.00890. The molecule has 1 aromatic rings. The van der Waals surface area contributed by atoms with Gasteiger partial charge in [0.15, 0.2) is 15.6 Å². The Morgan fingerprint density at radius 1 is 1.33 bits per heavy atom. The number of ketones is 1. The molecule has 1 aliphatic rings. The molecule has 1 N–H and O–H groups in total. The van der Waals surface area contributed by atoms with Gasteiger partial charge in [-0.25, -0.2) is 8.42 Å². The van der Waals surface area contributed by atoms with Crippen molar-refractivity contribution in [2.75, 3.05) is 32.3 Å². The molecular formula is C14H19NO5S. The van der Waals surface area contributed by atoms with Crippen molar-refractivity contribution in [3.63, 3.8) is 0 Å². The van der Waals surface area contributed by atoms with Crippen molar-refractivity contribution in [2.24, 2.45) is 0 Å². The van der Waals surface area contributed by atoms with E-state index in [2.05, 4.69) is 5.32 Å². The molecule has 0 radical (unpaired) electrons. The predicted octanol–water partition coefficient (Wildman–Crippen LogP) is 0.663. The topological polar surface area (TPSA) is 81.7 Å². The van der Waals surface area contributed by atoms with Crippen LogP contribution in [-0.4, -0.2) is 52.5 Å². The zero-order valence-electron chi connectivity index (χ0n) is 12.1. The van der Waals surface area contributed by atoms with Gasteiger partial charge in [0, 0.05) is 19.0 Å². The van der Waals surface area contributed by atoms with Crippen LogP contribution in [0.3, 0.4) is 0 Å². The summed E-state index contributed by atoms with van der Waals surface area (Å²) in [5, 5.41) is 3.07. The molecule has 0 spiro atoms. The van der Waals surface area contributed by atoms with Crippen LogP contribution in [0.2, 0.25) is 0 Å². The number of nitrogens with one attached hydrogen (secondary N) is 1. The first-order valence-corrected chi connectivity index (χ1v) is 8.46. The van der Waals surface area contributed by atoms with E-state index in [9.17, 15) is 13.2 Å². The minimum Gasteiger partial charge on any atom is -0.497 e. The van der Waals surface area contributed by atoms with E-state index in [0.29, 0.717) is 23.6 Å². The van der Waals surface area contributed by atoms with Crippen LogP contribution in [0.5, 0.6) is 11.5 Å². The van der Waals surface area contributed by atoms with E-state index in [-0.39, 0.29) is 29.8 Å². The van der Waals surface area contributed by atoms with E-state index < -0.39 is 9.84 Å². The third-order valence-electron chi connectivity index (χ3n) is 3.44. The van der Waals surface area contributed by atoms with E-state index in [0.717, 1.165) is 0 Å². The fourth-order valence-electron chi connectivity index (χ4n) is 2.36. The van der Waals surface area contributed by atoms with Crippen LogP contribution < -0.4 is 14.8 Å². The molecule has 116 valence electrons. The Morgan fingerprint density at radius 3 is 2.71 bits per heavy atom. The number of carbonyl (C=O) groups excluding carboxylic acids is 1. The van der Waals surface area contributed by atoms with Gasteiger partial charge in [-0.3, -0.25) is 4.79 Å². The number of hydrogen-bond acceptors (Lipinski definition) is 6. The van der Waals surface area contributed by atoms with Gasteiger partial charge in [0.2, 0.25) is 0 Å². The van der Waals surface area contributed by atoms with Gasteiger partial charge in [0.05, 0.1) is 31.3 Å². The summed E-state index contributed by atoms with van der Waals surface area (Å²) in [6.45, 7) is 0.384. The first-order chi connectivity index (χ1) is 9.95. The Morgan fingerprint density at radius 2 is 2.10 bits per heavy atom. The standard InChI is InChI=1S/C14H19NO5S/c1-19-11-3-4-14(20-2)12(8-11)13(16)7-10-9-21(17,18)6-5-15-10/h3-4,8,10,15H,5-7,9H2,1-2H3. The van der Waals surface area contributed by atoms with Crippen molar-refractivity contribution < 1.29 is 22.7 Å². The maximum absolute atomic E-state index is 12.4. The Bertz CT molecular complexity index is 626. The summed E-state index contributed by atoms with van der Waals surface area (Å²) in [7, 11) is -0.0517. The molecule has 2 rings (SSSR count). The molecule has 0 aliphatic carbocycles. The van der Waals surface area contributed by atoms with Gasteiger partial charge in [-0.15, -0.1) is 0 Å². The van der Waals surface area contributed by atoms with E-state index in [1.54, 1.807) is 18.2 Å². The van der Waals surface area contributed by atoms with Crippen LogP contribution in [-0.2, 0) is 9.84 Å². The molecule has 0 aromatic heterocycles. The van der Waals surface area contributed by atoms with Crippen LogP contribution in [0.4, 0.5) is 0 Å². The number of carbonyl (C=O) groups is 1. The lowest BCUT2D eigenvalue weighted by molar-refractivity contribution is 0.0968. The van der Waals surface area contributed by atoms with Crippen LogP contribution in [0.1, 0.15) is 16.8 Å². The molecular weight excluding hydrogens is 294 g/mol. The highest BCUT2D eigenvalue weighted by Crippen LogP contribution is 2.25. The Balaban J connectivity index is 2.16. The summed E-state index contributed by atoms with van der Waals surface area (Å²) in [6.07, 6.45) is 0.114. The van der Waals surface area contributed by atoms with E-state index in [1.165, 1.54) is 14.2 Å². The van der Waals surface area contributed by atoms with Crippen LogP contribution in [0, 0.1) is 0 Å². The lowest BCUT2D eigenvalue weighted by Crippen LogP contribution is -2.46. The molecule has 21 heavy (non-hydrogen) atoms. The van der Waals surface area contributed by atoms with Crippen LogP contribution in [0.25, 0.3) is 0 Å². The zero-order valence-corrected chi connectivity index (χ0v) is 12.9. The summed E-state index contributed by atoms with van der Waals surface area (Å²) in [5.41, 5.74) is 0.404. The van der Waals surface area contributed by atoms with E-state index in [4.69, 9.17) is 9.47 Å². The number of methoxy groups -OCH3 is 2. The number of benzene rings is 1. The predicted molar refractivity (Wildman–Crippen MR) is 78.9 cm³/mol. The van der Waals surface area contributed by atoms with Crippen molar-refractivity contribution in [1.29, 1.82) is 0 Å². The highest BCUT2D eigenvalue weighted by Gasteiger charge is 2.27. The maximum Gasteiger partial charge on any atom is 0.168 e. The molecule has 1 aliphatic heterocycles. The first-order valence-electron chi connectivity index (χ1n) is 6.64. The number of ether oxygens (including phenoxy) is 2. The van der Waals surface area contributed by atoms with Crippen LogP contribution >= 0.6 is 0 Å². The largest absolute Gasteiger partial charge is 0.497 e. The Labute approximate surface area is 124 Å². The third kappa shape index (κ3) is 3.95. The lowest BCUT2D eigenvalue weighted by atomic mass is 10.0. The van der Waals surface area contributed by atoms with Gasteiger partial charge in [0.1, 0.15) is 11.5 Å². The average Bonchev–Trinajstić information content (AvgIpc) is 2.45. The third-order valence-corrected chi connectivity index (χ3v) is 5.18. The SMILES string of the molecule is COc1ccc(OC)c(C(=O)CC2CS(=O)(=O)CCN2)c1. The molecule has 0 bridgehead atoms. The van der Waals surface area contributed by atoms with Gasteiger partial charge in [-0.05, 0) is 18.2 Å². The van der Waals surface area contributed by atoms with Crippen LogP contribution in [0.15, 0.2) is 18.2 Å². The zero-order chi connectivity index (χ0) is 15.5. The summed E-state index contributed by atoms with van der Waals surface area (Å²) >= 11 is 0. The highest BCUT2D eigenvalue weighted by atomic mass is 32.2. The minimum atomic E-state index is -3.06. The number of sulfone groups is 1. The smallest absolute Gasteiger partial charge is 0.168 e. The molecule has 7 heteroatoms. The second-order valence-corrected chi connectivity index (χ2v) is 7.19. The quantitative estimate of drug-likeness (QED) is 0.804. The molecule has 1 fully saturated rings. The summed E-state index contributed by atoms with van der Waals surface area (Å²) in [6, 6.07) is 4.63. The molecule has 1 aromatic carbocycles. The lowest BCUT2D eigenvalue weighted by Gasteiger charge is -2.23. The molecule has 1 unspecified atom stereocenters. The molecule has 0 saturated carbocycles. The average molecular weight is 313 g/mol. The molecule has 6 nitrogen and oxygen atoms in total. The fourth-order valence-corrected chi connectivity index (χ4v) is 3.81. The van der Waals surface area contributed by atoms with Crippen molar-refractivity contribution in [3.8, 4) is 11.5 Å². The van der Waals surface area contributed by atoms with Gasteiger partial charge in [0.25, 0.3) is 0 Å². The Kier molecular flexibility index (Phi) is 4.84. The number of rotatable bonds is 5. The number of Topliss-reactive ketones (excluding diaryl/α,β-unsaturated/α-hetero) is 1.